The average Bonchev–Trinajstić information content (AvgIpc) is 2.29. The van der Waals surface area contributed by atoms with Gasteiger partial charge in [-0.1, -0.05) is 0 Å². The minimum atomic E-state index is -0.786. The van der Waals surface area contributed by atoms with E-state index in [9.17, 15) is 9.59 Å². The van der Waals surface area contributed by atoms with Crippen LogP contribution < -0.4 is 11.1 Å². The molecule has 1 unspecified atom stereocenters. The fourth-order valence-electron chi connectivity index (χ4n) is 1.51. The lowest BCUT2D eigenvalue weighted by Gasteiger charge is -2.13. The van der Waals surface area contributed by atoms with Crippen LogP contribution in [0.15, 0.2) is 18.3 Å². The first-order chi connectivity index (χ1) is 8.49. The van der Waals surface area contributed by atoms with Crippen LogP contribution in [0.25, 0.3) is 0 Å². The third kappa shape index (κ3) is 4.82. The number of hydrogen-bond acceptors (Lipinski definition) is 4. The Labute approximate surface area is 105 Å². The van der Waals surface area contributed by atoms with Crippen molar-refractivity contribution < 1.29 is 14.7 Å². The molecule has 4 N–H and O–H groups in total. The van der Waals surface area contributed by atoms with E-state index in [0.29, 0.717) is 17.8 Å². The fraction of sp³-hybridized carbons (Fsp3) is 0.417. The quantitative estimate of drug-likeness (QED) is 0.676. The molecule has 98 valence electrons. The molecular formula is C12H17N3O3. The zero-order valence-corrected chi connectivity index (χ0v) is 10.2. The van der Waals surface area contributed by atoms with Crippen molar-refractivity contribution in [3.63, 3.8) is 0 Å². The van der Waals surface area contributed by atoms with E-state index >= 15 is 0 Å². The Bertz CT molecular complexity index is 417. The molecule has 0 saturated carbocycles. The van der Waals surface area contributed by atoms with E-state index in [-0.39, 0.29) is 12.5 Å². The summed E-state index contributed by atoms with van der Waals surface area (Å²) in [4.78, 5) is 25.3. The Hall–Kier alpha value is -2.11. The number of hydrogen-bond donors (Lipinski definition) is 3. The molecule has 1 amide bonds. The van der Waals surface area contributed by atoms with E-state index in [1.807, 2.05) is 6.92 Å². The zero-order valence-electron chi connectivity index (χ0n) is 10.2. The molecule has 1 atom stereocenters. The number of nitrogens with two attached hydrogens (primary N) is 1. The number of carbonyl (C=O) groups excluding carboxylic acids is 1. The van der Waals surface area contributed by atoms with Gasteiger partial charge in [0, 0.05) is 18.7 Å². The number of primary amides is 1. The van der Waals surface area contributed by atoms with Crippen molar-refractivity contribution in [3.8, 4) is 0 Å². The molecule has 0 aliphatic rings. The summed E-state index contributed by atoms with van der Waals surface area (Å²) in [6.07, 6.45) is 2.93. The molecule has 0 spiro atoms. The lowest BCUT2D eigenvalue weighted by molar-refractivity contribution is -0.137. The highest BCUT2D eigenvalue weighted by Crippen LogP contribution is 2.09. The number of carboxylic acids is 1. The molecule has 0 aliphatic carbocycles. The molecule has 0 aromatic carbocycles. The van der Waals surface area contributed by atoms with Crippen molar-refractivity contribution in [2.75, 3.05) is 5.32 Å². The molecule has 0 radical (unpaired) electrons. The number of anilines is 1. The van der Waals surface area contributed by atoms with Crippen LogP contribution >= 0.6 is 0 Å². The summed E-state index contributed by atoms with van der Waals surface area (Å²) in [7, 11) is 0. The summed E-state index contributed by atoms with van der Waals surface area (Å²) in [6, 6.07) is 3.39. The number of carbonyl (C=O) groups is 2. The highest BCUT2D eigenvalue weighted by molar-refractivity contribution is 5.92. The molecule has 6 nitrogen and oxygen atoms in total. The summed E-state index contributed by atoms with van der Waals surface area (Å²) >= 11 is 0. The largest absolute Gasteiger partial charge is 0.481 e. The normalized spacial score (nSPS) is 11.8. The Morgan fingerprint density at radius 3 is 2.72 bits per heavy atom. The Morgan fingerprint density at radius 1 is 1.50 bits per heavy atom. The predicted octanol–water partition coefficient (Wildman–Crippen LogP) is 1.24. The number of nitrogens with one attached hydrogen (secondary N) is 1. The van der Waals surface area contributed by atoms with Crippen LogP contribution in [0.3, 0.4) is 0 Å². The lowest BCUT2D eigenvalue weighted by Crippen LogP contribution is -2.17. The zero-order chi connectivity index (χ0) is 13.5. The van der Waals surface area contributed by atoms with Crippen molar-refractivity contribution in [1.29, 1.82) is 0 Å². The maximum absolute atomic E-state index is 10.8. The van der Waals surface area contributed by atoms with Crippen molar-refractivity contribution in [1.82, 2.24) is 4.98 Å². The molecule has 1 rings (SSSR count). The first-order valence-corrected chi connectivity index (χ1v) is 5.73. The molecule has 6 heteroatoms. The molecule has 0 fully saturated rings. The Kier molecular flexibility index (Phi) is 5.10. The van der Waals surface area contributed by atoms with E-state index in [4.69, 9.17) is 10.8 Å². The summed E-state index contributed by atoms with van der Waals surface area (Å²) in [5.74, 6) is -0.655. The van der Waals surface area contributed by atoms with Crippen LogP contribution in [0.5, 0.6) is 0 Å². The van der Waals surface area contributed by atoms with E-state index < -0.39 is 11.9 Å². The molecule has 1 aromatic heterocycles. The SMILES string of the molecule is CC(CCCC(=O)O)Nc1ccc(C(N)=O)cn1. The summed E-state index contributed by atoms with van der Waals surface area (Å²) < 4.78 is 0. The fourth-order valence-corrected chi connectivity index (χ4v) is 1.51. The van der Waals surface area contributed by atoms with Gasteiger partial charge in [0.05, 0.1) is 5.56 Å². The molecule has 0 saturated heterocycles. The number of carboxylic acid groups (broad SMARTS) is 1. The van der Waals surface area contributed by atoms with Crippen LogP contribution in [0.1, 0.15) is 36.5 Å². The topological polar surface area (TPSA) is 105 Å². The van der Waals surface area contributed by atoms with Gasteiger partial charge in [-0.3, -0.25) is 9.59 Å². The third-order valence-corrected chi connectivity index (χ3v) is 2.47. The first kappa shape index (κ1) is 14.0. The number of pyridine rings is 1. The summed E-state index contributed by atoms with van der Waals surface area (Å²) in [5.41, 5.74) is 5.46. The van der Waals surface area contributed by atoms with Gasteiger partial charge in [0.1, 0.15) is 5.82 Å². The Balaban J connectivity index is 2.41. The number of nitrogens with zero attached hydrogens (tertiary/aromatic N) is 1. The van der Waals surface area contributed by atoms with Gasteiger partial charge in [-0.2, -0.15) is 0 Å². The van der Waals surface area contributed by atoms with E-state index in [0.717, 1.165) is 6.42 Å². The van der Waals surface area contributed by atoms with Gasteiger partial charge in [0.15, 0.2) is 0 Å². The van der Waals surface area contributed by atoms with Crippen molar-refractivity contribution in [2.45, 2.75) is 32.2 Å². The summed E-state index contributed by atoms with van der Waals surface area (Å²) in [6.45, 7) is 1.95. The van der Waals surface area contributed by atoms with Crippen LogP contribution in [0, 0.1) is 0 Å². The molecular weight excluding hydrogens is 234 g/mol. The lowest BCUT2D eigenvalue weighted by atomic mass is 10.1. The minimum Gasteiger partial charge on any atom is -0.481 e. The van der Waals surface area contributed by atoms with Gasteiger partial charge in [-0.05, 0) is 31.9 Å². The standard InChI is InChI=1S/C12H17N3O3/c1-8(3-2-4-11(16)17)15-10-6-5-9(7-14-10)12(13)18/h5-8H,2-4H2,1H3,(H2,13,18)(H,14,15)(H,16,17). The number of amides is 1. The number of aromatic nitrogens is 1. The monoisotopic (exact) mass is 251 g/mol. The van der Waals surface area contributed by atoms with E-state index in [1.165, 1.54) is 6.20 Å². The molecule has 0 bridgehead atoms. The first-order valence-electron chi connectivity index (χ1n) is 5.73. The Morgan fingerprint density at radius 2 is 2.22 bits per heavy atom. The summed E-state index contributed by atoms with van der Waals surface area (Å²) in [5, 5.41) is 11.6. The predicted molar refractivity (Wildman–Crippen MR) is 67.3 cm³/mol. The molecule has 0 aliphatic heterocycles. The minimum absolute atomic E-state index is 0.122. The second-order valence-corrected chi connectivity index (χ2v) is 4.13. The van der Waals surface area contributed by atoms with Gasteiger partial charge < -0.3 is 16.2 Å². The van der Waals surface area contributed by atoms with Crippen molar-refractivity contribution in [3.05, 3.63) is 23.9 Å². The van der Waals surface area contributed by atoms with Gasteiger partial charge in [0.2, 0.25) is 5.91 Å². The van der Waals surface area contributed by atoms with Crippen LogP contribution in [0.4, 0.5) is 5.82 Å². The van der Waals surface area contributed by atoms with Crippen molar-refractivity contribution >= 4 is 17.7 Å². The van der Waals surface area contributed by atoms with Crippen LogP contribution in [-0.2, 0) is 4.79 Å². The molecule has 18 heavy (non-hydrogen) atoms. The maximum atomic E-state index is 10.8. The highest BCUT2D eigenvalue weighted by Gasteiger charge is 2.06. The maximum Gasteiger partial charge on any atom is 0.303 e. The second kappa shape index (κ2) is 6.58. The number of aliphatic carboxylic acids is 1. The van der Waals surface area contributed by atoms with Gasteiger partial charge in [0.25, 0.3) is 0 Å². The van der Waals surface area contributed by atoms with Gasteiger partial charge in [-0.25, -0.2) is 4.98 Å². The van der Waals surface area contributed by atoms with Crippen LogP contribution in [-0.4, -0.2) is 28.0 Å². The van der Waals surface area contributed by atoms with Crippen LogP contribution in [0.2, 0.25) is 0 Å². The van der Waals surface area contributed by atoms with Crippen molar-refractivity contribution in [2.24, 2.45) is 5.73 Å². The van der Waals surface area contributed by atoms with E-state index in [1.54, 1.807) is 12.1 Å². The molecule has 1 aromatic rings. The average molecular weight is 251 g/mol. The van der Waals surface area contributed by atoms with Gasteiger partial charge in [-0.15, -0.1) is 0 Å². The highest BCUT2D eigenvalue weighted by atomic mass is 16.4. The third-order valence-electron chi connectivity index (χ3n) is 2.47. The van der Waals surface area contributed by atoms with Gasteiger partial charge >= 0.3 is 5.97 Å². The smallest absolute Gasteiger partial charge is 0.303 e. The molecule has 1 heterocycles. The van der Waals surface area contributed by atoms with E-state index in [2.05, 4.69) is 10.3 Å². The second-order valence-electron chi connectivity index (χ2n) is 4.13. The number of rotatable bonds is 7.